The standard InChI is InChI=1S/C15H20N2O3/c1-12(18)20-14(13-6-4-3-5-7-13)15(19)17-10-8-16(2)9-11-17/h3-7,14H,8-11H2,1-2H3. The fourth-order valence-electron chi connectivity index (χ4n) is 2.25. The zero-order valence-electron chi connectivity index (χ0n) is 11.9. The first-order chi connectivity index (χ1) is 9.58. The number of nitrogens with zero attached hydrogens (tertiary/aromatic N) is 2. The van der Waals surface area contributed by atoms with Crippen LogP contribution in [-0.4, -0.2) is 54.9 Å². The molecule has 1 unspecified atom stereocenters. The summed E-state index contributed by atoms with van der Waals surface area (Å²) >= 11 is 0. The van der Waals surface area contributed by atoms with Gasteiger partial charge in [-0.25, -0.2) is 0 Å². The van der Waals surface area contributed by atoms with Crippen molar-refractivity contribution in [3.8, 4) is 0 Å². The first-order valence-corrected chi connectivity index (χ1v) is 6.77. The van der Waals surface area contributed by atoms with Gasteiger partial charge in [-0.05, 0) is 7.05 Å². The molecule has 5 nitrogen and oxygen atoms in total. The van der Waals surface area contributed by atoms with Crippen LogP contribution in [0.3, 0.4) is 0 Å². The molecule has 0 radical (unpaired) electrons. The third kappa shape index (κ3) is 3.57. The van der Waals surface area contributed by atoms with Crippen LogP contribution < -0.4 is 0 Å². The summed E-state index contributed by atoms with van der Waals surface area (Å²) < 4.78 is 5.23. The van der Waals surface area contributed by atoms with Gasteiger partial charge in [0.05, 0.1) is 0 Å². The lowest BCUT2D eigenvalue weighted by atomic mass is 10.1. The Labute approximate surface area is 119 Å². The molecule has 2 rings (SSSR count). The fraction of sp³-hybridized carbons (Fsp3) is 0.467. The van der Waals surface area contributed by atoms with E-state index in [9.17, 15) is 9.59 Å². The molecule has 0 N–H and O–H groups in total. The molecule has 20 heavy (non-hydrogen) atoms. The predicted molar refractivity (Wildman–Crippen MR) is 75.0 cm³/mol. The SMILES string of the molecule is CC(=O)OC(C(=O)N1CCN(C)CC1)c1ccccc1. The number of amides is 1. The van der Waals surface area contributed by atoms with E-state index in [1.54, 1.807) is 4.90 Å². The lowest BCUT2D eigenvalue weighted by Crippen LogP contribution is -2.49. The zero-order valence-corrected chi connectivity index (χ0v) is 11.9. The normalized spacial score (nSPS) is 17.6. The van der Waals surface area contributed by atoms with Crippen LogP contribution in [0.4, 0.5) is 0 Å². The molecule has 1 heterocycles. The molecule has 1 fully saturated rings. The molecule has 1 aliphatic heterocycles. The molecular weight excluding hydrogens is 256 g/mol. The fourth-order valence-corrected chi connectivity index (χ4v) is 2.25. The molecule has 0 bridgehead atoms. The number of benzene rings is 1. The van der Waals surface area contributed by atoms with Crippen molar-refractivity contribution in [2.75, 3.05) is 33.2 Å². The Balaban J connectivity index is 2.14. The Kier molecular flexibility index (Phi) is 4.74. The van der Waals surface area contributed by atoms with Gasteiger partial charge in [-0.3, -0.25) is 9.59 Å². The van der Waals surface area contributed by atoms with Crippen molar-refractivity contribution in [1.29, 1.82) is 0 Å². The molecule has 1 saturated heterocycles. The summed E-state index contributed by atoms with van der Waals surface area (Å²) in [5, 5.41) is 0. The summed E-state index contributed by atoms with van der Waals surface area (Å²) in [5.41, 5.74) is 0.714. The first kappa shape index (κ1) is 14.5. The molecule has 0 aromatic heterocycles. The number of piperazine rings is 1. The largest absolute Gasteiger partial charge is 0.447 e. The molecule has 0 spiro atoms. The van der Waals surface area contributed by atoms with Crippen molar-refractivity contribution in [2.45, 2.75) is 13.0 Å². The second kappa shape index (κ2) is 6.52. The Bertz CT molecular complexity index is 467. The van der Waals surface area contributed by atoms with Crippen LogP contribution in [0.2, 0.25) is 0 Å². The minimum atomic E-state index is -0.836. The number of rotatable bonds is 3. The van der Waals surface area contributed by atoms with Gasteiger partial charge in [0, 0.05) is 38.7 Å². The number of carbonyl (C=O) groups is 2. The number of esters is 1. The third-order valence-corrected chi connectivity index (χ3v) is 3.43. The van der Waals surface area contributed by atoms with Crippen molar-refractivity contribution in [3.05, 3.63) is 35.9 Å². The highest BCUT2D eigenvalue weighted by molar-refractivity contribution is 5.84. The summed E-state index contributed by atoms with van der Waals surface area (Å²) in [6.07, 6.45) is -0.836. The van der Waals surface area contributed by atoms with Gasteiger partial charge >= 0.3 is 5.97 Å². The molecule has 108 valence electrons. The molecule has 1 aromatic rings. The Morgan fingerprint density at radius 3 is 2.25 bits per heavy atom. The maximum Gasteiger partial charge on any atom is 0.303 e. The van der Waals surface area contributed by atoms with E-state index in [1.165, 1.54) is 6.92 Å². The van der Waals surface area contributed by atoms with E-state index in [0.717, 1.165) is 13.1 Å². The molecule has 5 heteroatoms. The highest BCUT2D eigenvalue weighted by Crippen LogP contribution is 2.21. The third-order valence-electron chi connectivity index (χ3n) is 3.43. The molecule has 0 saturated carbocycles. The summed E-state index contributed by atoms with van der Waals surface area (Å²) in [5.74, 6) is -0.583. The highest BCUT2D eigenvalue weighted by Gasteiger charge is 2.30. The lowest BCUT2D eigenvalue weighted by Gasteiger charge is -2.34. The molecule has 1 aliphatic rings. The van der Waals surface area contributed by atoms with Crippen LogP contribution in [-0.2, 0) is 14.3 Å². The maximum absolute atomic E-state index is 12.6. The molecule has 1 aromatic carbocycles. The van der Waals surface area contributed by atoms with Crippen LogP contribution in [0.25, 0.3) is 0 Å². The number of carbonyl (C=O) groups excluding carboxylic acids is 2. The van der Waals surface area contributed by atoms with E-state index in [4.69, 9.17) is 4.74 Å². The van der Waals surface area contributed by atoms with Gasteiger partial charge in [0.15, 0.2) is 0 Å². The maximum atomic E-state index is 12.6. The number of ether oxygens (including phenoxy) is 1. The minimum absolute atomic E-state index is 0.139. The molecule has 0 aliphatic carbocycles. The van der Waals surface area contributed by atoms with E-state index >= 15 is 0 Å². The van der Waals surface area contributed by atoms with E-state index < -0.39 is 12.1 Å². The van der Waals surface area contributed by atoms with Crippen molar-refractivity contribution < 1.29 is 14.3 Å². The Morgan fingerprint density at radius 1 is 1.10 bits per heavy atom. The van der Waals surface area contributed by atoms with Gasteiger partial charge in [-0.1, -0.05) is 30.3 Å². The van der Waals surface area contributed by atoms with Crippen LogP contribution in [0.5, 0.6) is 0 Å². The quantitative estimate of drug-likeness (QED) is 0.775. The molecule has 1 amide bonds. The van der Waals surface area contributed by atoms with Gasteiger partial charge in [0.2, 0.25) is 6.10 Å². The summed E-state index contributed by atoms with van der Waals surface area (Å²) in [6.45, 7) is 4.34. The van der Waals surface area contributed by atoms with Gasteiger partial charge in [-0.2, -0.15) is 0 Å². The van der Waals surface area contributed by atoms with Crippen LogP contribution in [0.15, 0.2) is 30.3 Å². The van der Waals surface area contributed by atoms with E-state index in [2.05, 4.69) is 4.90 Å². The van der Waals surface area contributed by atoms with Crippen molar-refractivity contribution >= 4 is 11.9 Å². The minimum Gasteiger partial charge on any atom is -0.447 e. The highest BCUT2D eigenvalue weighted by atomic mass is 16.5. The Morgan fingerprint density at radius 2 is 1.70 bits per heavy atom. The predicted octanol–water partition coefficient (Wildman–Crippen LogP) is 1.06. The van der Waals surface area contributed by atoms with Crippen molar-refractivity contribution in [2.24, 2.45) is 0 Å². The first-order valence-electron chi connectivity index (χ1n) is 6.77. The molecule has 1 atom stereocenters. The van der Waals surface area contributed by atoms with Gasteiger partial charge in [-0.15, -0.1) is 0 Å². The van der Waals surface area contributed by atoms with E-state index in [0.29, 0.717) is 18.7 Å². The zero-order chi connectivity index (χ0) is 14.5. The Hall–Kier alpha value is -1.88. The number of hydrogen-bond acceptors (Lipinski definition) is 4. The topological polar surface area (TPSA) is 49.9 Å². The molecular formula is C15H20N2O3. The van der Waals surface area contributed by atoms with Crippen molar-refractivity contribution in [3.63, 3.8) is 0 Å². The summed E-state index contributed by atoms with van der Waals surface area (Å²) in [7, 11) is 2.03. The van der Waals surface area contributed by atoms with Crippen molar-refractivity contribution in [1.82, 2.24) is 9.80 Å². The average Bonchev–Trinajstić information content (AvgIpc) is 2.45. The number of hydrogen-bond donors (Lipinski definition) is 0. The van der Waals surface area contributed by atoms with Crippen LogP contribution in [0, 0.1) is 0 Å². The van der Waals surface area contributed by atoms with Gasteiger partial charge in [0.25, 0.3) is 5.91 Å². The summed E-state index contributed by atoms with van der Waals surface area (Å²) in [6, 6.07) is 9.16. The second-order valence-electron chi connectivity index (χ2n) is 5.03. The summed E-state index contributed by atoms with van der Waals surface area (Å²) in [4.78, 5) is 27.8. The van der Waals surface area contributed by atoms with Crippen LogP contribution >= 0.6 is 0 Å². The smallest absolute Gasteiger partial charge is 0.303 e. The second-order valence-corrected chi connectivity index (χ2v) is 5.03. The van der Waals surface area contributed by atoms with E-state index in [-0.39, 0.29) is 5.91 Å². The van der Waals surface area contributed by atoms with Gasteiger partial charge < -0.3 is 14.5 Å². The number of likely N-dealkylation sites (N-methyl/N-ethyl adjacent to an activating group) is 1. The lowest BCUT2D eigenvalue weighted by molar-refractivity contribution is -0.160. The van der Waals surface area contributed by atoms with E-state index in [1.807, 2.05) is 37.4 Å². The van der Waals surface area contributed by atoms with Crippen LogP contribution in [0.1, 0.15) is 18.6 Å². The average molecular weight is 276 g/mol. The monoisotopic (exact) mass is 276 g/mol. The van der Waals surface area contributed by atoms with Gasteiger partial charge in [0.1, 0.15) is 0 Å².